The number of fused-ring (bicyclic) bond motifs is 1. The number of nitrogens with zero attached hydrogens (tertiary/aromatic N) is 2. The summed E-state index contributed by atoms with van der Waals surface area (Å²) < 4.78 is 4.81. The van der Waals surface area contributed by atoms with Crippen molar-refractivity contribution < 1.29 is 19.1 Å². The molecule has 1 N–H and O–H groups in total. The zero-order valence-corrected chi connectivity index (χ0v) is 16.1. The first-order valence-corrected chi connectivity index (χ1v) is 9.48. The Morgan fingerprint density at radius 1 is 1.33 bits per heavy atom. The topological polar surface area (TPSA) is 79.0 Å². The van der Waals surface area contributed by atoms with Crippen LogP contribution in [0.1, 0.15) is 32.3 Å². The molecule has 0 saturated carbocycles. The zero-order chi connectivity index (χ0) is 19.6. The van der Waals surface area contributed by atoms with Gasteiger partial charge in [-0.3, -0.25) is 9.59 Å². The number of amides is 3. The van der Waals surface area contributed by atoms with Gasteiger partial charge in [0, 0.05) is 18.8 Å². The molecule has 3 amide bonds. The van der Waals surface area contributed by atoms with Crippen LogP contribution in [0.5, 0.6) is 0 Å². The summed E-state index contributed by atoms with van der Waals surface area (Å²) in [5.74, 6) is -0.731. The van der Waals surface area contributed by atoms with Crippen LogP contribution < -0.4 is 5.32 Å². The number of nitrogens with one attached hydrogen (secondary N) is 1. The summed E-state index contributed by atoms with van der Waals surface area (Å²) >= 11 is 0. The molecule has 7 nitrogen and oxygen atoms in total. The van der Waals surface area contributed by atoms with Gasteiger partial charge in [0.15, 0.2) is 0 Å². The first kappa shape index (κ1) is 19.2. The van der Waals surface area contributed by atoms with Crippen LogP contribution in [0.3, 0.4) is 0 Å². The van der Waals surface area contributed by atoms with Crippen LogP contribution in [-0.2, 0) is 20.9 Å². The Kier molecular flexibility index (Phi) is 5.68. The summed E-state index contributed by atoms with van der Waals surface area (Å²) in [4.78, 5) is 41.4. The summed E-state index contributed by atoms with van der Waals surface area (Å²) in [6, 6.07) is 6.82. The van der Waals surface area contributed by atoms with Crippen LogP contribution in [0, 0.1) is 11.8 Å². The van der Waals surface area contributed by atoms with Gasteiger partial charge < -0.3 is 19.9 Å². The Morgan fingerprint density at radius 2 is 2.07 bits per heavy atom. The van der Waals surface area contributed by atoms with E-state index in [0.717, 1.165) is 17.7 Å². The number of carbonyl (C=O) groups is 3. The number of likely N-dealkylation sites (tertiary alicyclic amines) is 1. The van der Waals surface area contributed by atoms with Gasteiger partial charge in [-0.2, -0.15) is 0 Å². The summed E-state index contributed by atoms with van der Waals surface area (Å²) in [5, 5.41) is 2.97. The van der Waals surface area contributed by atoms with Gasteiger partial charge in [-0.25, -0.2) is 4.79 Å². The minimum Gasteiger partial charge on any atom is -0.469 e. The van der Waals surface area contributed by atoms with Gasteiger partial charge in [-0.05, 0) is 24.0 Å². The van der Waals surface area contributed by atoms with Crippen molar-refractivity contribution in [1.82, 2.24) is 9.80 Å². The SMILES string of the molecule is CCC(C)C1C(=O)Nc2ccccc2CN1C(=O)N1CCC(C(=O)OC)C1. The third-order valence-electron chi connectivity index (χ3n) is 5.64. The second-order valence-electron chi connectivity index (χ2n) is 7.34. The Labute approximate surface area is 159 Å². The normalized spacial score (nSPS) is 23.3. The first-order chi connectivity index (χ1) is 13.0. The molecule has 1 aromatic rings. The number of hydrogen-bond acceptors (Lipinski definition) is 4. The number of rotatable bonds is 3. The van der Waals surface area contributed by atoms with E-state index in [9.17, 15) is 14.4 Å². The Morgan fingerprint density at radius 3 is 2.78 bits per heavy atom. The molecule has 0 aliphatic carbocycles. The molecule has 1 aromatic carbocycles. The third-order valence-corrected chi connectivity index (χ3v) is 5.64. The molecule has 0 spiro atoms. The molecular formula is C20H27N3O4. The number of carbonyl (C=O) groups excluding carboxylic acids is 3. The lowest BCUT2D eigenvalue weighted by molar-refractivity contribution is -0.144. The highest BCUT2D eigenvalue weighted by atomic mass is 16.5. The largest absolute Gasteiger partial charge is 0.469 e. The quantitative estimate of drug-likeness (QED) is 0.826. The summed E-state index contributed by atoms with van der Waals surface area (Å²) in [7, 11) is 1.36. The average Bonchev–Trinajstić information content (AvgIpc) is 3.11. The van der Waals surface area contributed by atoms with Crippen LogP contribution >= 0.6 is 0 Å². The molecule has 0 radical (unpaired) electrons. The Bertz CT molecular complexity index is 736. The monoisotopic (exact) mass is 373 g/mol. The van der Waals surface area contributed by atoms with E-state index in [2.05, 4.69) is 5.32 Å². The van der Waals surface area contributed by atoms with E-state index in [0.29, 0.717) is 26.1 Å². The summed E-state index contributed by atoms with van der Waals surface area (Å²) in [6.07, 6.45) is 1.37. The molecule has 0 aromatic heterocycles. The number of methoxy groups -OCH3 is 1. The van der Waals surface area contributed by atoms with Crippen LogP contribution in [0.4, 0.5) is 10.5 Å². The lowest BCUT2D eigenvalue weighted by Crippen LogP contribution is -2.53. The fourth-order valence-corrected chi connectivity index (χ4v) is 3.86. The molecule has 2 aliphatic heterocycles. The van der Waals surface area contributed by atoms with Gasteiger partial charge in [0.1, 0.15) is 6.04 Å². The molecular weight excluding hydrogens is 346 g/mol. The minimum atomic E-state index is -0.549. The van der Waals surface area contributed by atoms with Crippen LogP contribution in [0.2, 0.25) is 0 Å². The van der Waals surface area contributed by atoms with Crippen molar-refractivity contribution in [2.24, 2.45) is 11.8 Å². The predicted octanol–water partition coefficient (Wildman–Crippen LogP) is 2.47. The van der Waals surface area contributed by atoms with Crippen molar-refractivity contribution in [3.05, 3.63) is 29.8 Å². The lowest BCUT2D eigenvalue weighted by atomic mass is 9.97. The second kappa shape index (κ2) is 7.98. The number of esters is 1. The Hall–Kier alpha value is -2.57. The molecule has 1 saturated heterocycles. The first-order valence-electron chi connectivity index (χ1n) is 9.48. The maximum Gasteiger partial charge on any atom is 0.321 e. The molecule has 27 heavy (non-hydrogen) atoms. The number of benzene rings is 1. The van der Waals surface area contributed by atoms with Gasteiger partial charge in [-0.1, -0.05) is 38.5 Å². The molecule has 3 rings (SSSR count). The molecule has 3 unspecified atom stereocenters. The minimum absolute atomic E-state index is 0.0160. The predicted molar refractivity (Wildman–Crippen MR) is 101 cm³/mol. The number of anilines is 1. The zero-order valence-electron chi connectivity index (χ0n) is 16.1. The molecule has 0 bridgehead atoms. The van der Waals surface area contributed by atoms with Gasteiger partial charge >= 0.3 is 12.0 Å². The van der Waals surface area contributed by atoms with E-state index < -0.39 is 6.04 Å². The van der Waals surface area contributed by atoms with E-state index in [1.54, 1.807) is 9.80 Å². The maximum atomic E-state index is 13.3. The number of hydrogen-bond donors (Lipinski definition) is 1. The molecule has 146 valence electrons. The van der Waals surface area contributed by atoms with E-state index in [1.165, 1.54) is 7.11 Å². The highest BCUT2D eigenvalue weighted by Gasteiger charge is 2.41. The van der Waals surface area contributed by atoms with Crippen molar-refractivity contribution in [2.45, 2.75) is 39.3 Å². The highest BCUT2D eigenvalue weighted by molar-refractivity contribution is 5.99. The van der Waals surface area contributed by atoms with Gasteiger partial charge in [0.25, 0.3) is 0 Å². The summed E-state index contributed by atoms with van der Waals surface area (Å²) in [6.45, 7) is 5.19. The molecule has 2 aliphatic rings. The molecule has 7 heteroatoms. The fraction of sp³-hybridized carbons (Fsp3) is 0.550. The lowest BCUT2D eigenvalue weighted by Gasteiger charge is -2.35. The fourth-order valence-electron chi connectivity index (χ4n) is 3.86. The van der Waals surface area contributed by atoms with Crippen molar-refractivity contribution in [3.8, 4) is 0 Å². The van der Waals surface area contributed by atoms with Crippen molar-refractivity contribution in [1.29, 1.82) is 0 Å². The van der Waals surface area contributed by atoms with Gasteiger partial charge in [-0.15, -0.1) is 0 Å². The summed E-state index contributed by atoms with van der Waals surface area (Å²) in [5.41, 5.74) is 1.66. The molecule has 3 atom stereocenters. The maximum absolute atomic E-state index is 13.3. The second-order valence-corrected chi connectivity index (χ2v) is 7.34. The smallest absolute Gasteiger partial charge is 0.321 e. The third kappa shape index (κ3) is 3.77. The van der Waals surface area contributed by atoms with E-state index in [4.69, 9.17) is 4.74 Å². The van der Waals surface area contributed by atoms with Crippen molar-refractivity contribution in [3.63, 3.8) is 0 Å². The van der Waals surface area contributed by atoms with E-state index in [1.807, 2.05) is 38.1 Å². The van der Waals surface area contributed by atoms with E-state index >= 15 is 0 Å². The number of ether oxygens (including phenoxy) is 1. The van der Waals surface area contributed by atoms with Gasteiger partial charge in [0.2, 0.25) is 5.91 Å². The van der Waals surface area contributed by atoms with Crippen LogP contribution in [-0.4, -0.2) is 53.9 Å². The van der Waals surface area contributed by atoms with Crippen molar-refractivity contribution in [2.75, 3.05) is 25.5 Å². The highest BCUT2D eigenvalue weighted by Crippen LogP contribution is 2.29. The van der Waals surface area contributed by atoms with Crippen molar-refractivity contribution >= 4 is 23.6 Å². The number of para-hydroxylation sites is 1. The van der Waals surface area contributed by atoms with Crippen LogP contribution in [0.25, 0.3) is 0 Å². The standard InChI is InChI=1S/C20H27N3O4/c1-4-13(2)17-18(24)21-16-8-6-5-7-14(16)12-23(17)20(26)22-10-9-15(11-22)19(25)27-3/h5-8,13,15,17H,4,9-12H2,1-3H3,(H,21,24). The molecule has 2 heterocycles. The van der Waals surface area contributed by atoms with Crippen LogP contribution in [0.15, 0.2) is 24.3 Å². The number of urea groups is 1. The average molecular weight is 373 g/mol. The molecule has 1 fully saturated rings. The van der Waals surface area contributed by atoms with E-state index in [-0.39, 0.29) is 29.7 Å². The van der Waals surface area contributed by atoms with Gasteiger partial charge in [0.05, 0.1) is 19.6 Å². The Balaban J connectivity index is 1.88.